The largest absolute Gasteiger partial charge is 0.458 e. The lowest BCUT2D eigenvalue weighted by atomic mass is 10.2. The fraction of sp³-hybridized carbons (Fsp3) is 0.263. The molecule has 3 aromatic heterocycles. The number of halogens is 1. The molecule has 1 amide bonds. The molecule has 0 saturated heterocycles. The lowest BCUT2D eigenvalue weighted by Gasteiger charge is -2.10. The van der Waals surface area contributed by atoms with Crippen LogP contribution in [0.15, 0.2) is 36.4 Å². The summed E-state index contributed by atoms with van der Waals surface area (Å²) < 4.78 is 9.15. The first-order chi connectivity index (χ1) is 14.4. The molecule has 10 nitrogen and oxygen atoms in total. The van der Waals surface area contributed by atoms with Crippen molar-refractivity contribution in [1.29, 1.82) is 0 Å². The first-order valence-electron chi connectivity index (χ1n) is 9.23. The average molecular weight is 427 g/mol. The minimum atomic E-state index is -0.142. The third-order valence-corrected chi connectivity index (χ3v) is 4.64. The van der Waals surface area contributed by atoms with Crippen molar-refractivity contribution in [2.24, 2.45) is 13.0 Å². The van der Waals surface area contributed by atoms with E-state index in [2.05, 4.69) is 30.8 Å². The van der Waals surface area contributed by atoms with Gasteiger partial charge < -0.3 is 10.1 Å². The van der Waals surface area contributed by atoms with Crippen LogP contribution in [-0.4, -0.2) is 40.6 Å². The van der Waals surface area contributed by atoms with Gasteiger partial charge in [-0.05, 0) is 34.7 Å². The van der Waals surface area contributed by atoms with Crippen LogP contribution in [0.3, 0.4) is 0 Å². The molecule has 1 N–H and O–H groups in total. The van der Waals surface area contributed by atoms with Gasteiger partial charge in [0.25, 0.3) is 5.95 Å². The molecule has 154 valence electrons. The monoisotopic (exact) mass is 426 g/mol. The molecule has 0 fully saturated rings. The minimum Gasteiger partial charge on any atom is -0.458 e. The van der Waals surface area contributed by atoms with Crippen LogP contribution in [0, 0.1) is 5.92 Å². The fourth-order valence-electron chi connectivity index (χ4n) is 2.79. The van der Waals surface area contributed by atoms with Crippen LogP contribution < -0.4 is 10.1 Å². The summed E-state index contributed by atoms with van der Waals surface area (Å²) >= 11 is 6.31. The molecule has 3 heterocycles. The molecule has 0 spiro atoms. The number of nitrogens with one attached hydrogen (secondary N) is 1. The van der Waals surface area contributed by atoms with Crippen LogP contribution in [0.4, 0.5) is 5.82 Å². The Balaban J connectivity index is 1.65. The number of aryl methyl sites for hydroxylation is 1. The summed E-state index contributed by atoms with van der Waals surface area (Å²) in [6.45, 7) is 3.76. The molecule has 0 unspecified atom stereocenters. The first-order valence-corrected chi connectivity index (χ1v) is 9.61. The van der Waals surface area contributed by atoms with Crippen LogP contribution in [0.1, 0.15) is 19.5 Å². The van der Waals surface area contributed by atoms with Crippen molar-refractivity contribution in [2.75, 3.05) is 5.32 Å². The van der Waals surface area contributed by atoms with Gasteiger partial charge in [-0.25, -0.2) is 14.2 Å². The molecule has 0 radical (unpaired) electrons. The summed E-state index contributed by atoms with van der Waals surface area (Å²) in [6.07, 6.45) is 0. The van der Waals surface area contributed by atoms with Crippen molar-refractivity contribution >= 4 is 34.4 Å². The van der Waals surface area contributed by atoms with Crippen molar-refractivity contribution in [2.45, 2.75) is 20.5 Å². The Morgan fingerprint density at radius 3 is 2.73 bits per heavy atom. The summed E-state index contributed by atoms with van der Waals surface area (Å²) in [5.74, 6) is 0.646. The van der Waals surface area contributed by atoms with Crippen LogP contribution in [0.5, 0.6) is 6.01 Å². The highest BCUT2D eigenvalue weighted by Gasteiger charge is 2.20. The third-order valence-electron chi connectivity index (χ3n) is 4.33. The van der Waals surface area contributed by atoms with E-state index in [1.165, 1.54) is 4.68 Å². The number of nitrogens with zero attached hydrogens (tertiary/aromatic N) is 7. The highest BCUT2D eigenvalue weighted by Crippen LogP contribution is 2.29. The van der Waals surface area contributed by atoms with Crippen molar-refractivity contribution in [3.8, 4) is 12.0 Å². The first kappa shape index (κ1) is 19.8. The number of ether oxygens (including phenoxy) is 1. The Bertz CT molecular complexity index is 1220. The Morgan fingerprint density at radius 2 is 2.00 bits per heavy atom. The van der Waals surface area contributed by atoms with Gasteiger partial charge in [-0.1, -0.05) is 42.7 Å². The normalized spacial score (nSPS) is 11.2. The van der Waals surface area contributed by atoms with Crippen molar-refractivity contribution in [3.05, 3.63) is 47.1 Å². The molecule has 30 heavy (non-hydrogen) atoms. The predicted octanol–water partition coefficient (Wildman–Crippen LogP) is 2.77. The zero-order valence-corrected chi connectivity index (χ0v) is 17.3. The summed E-state index contributed by atoms with van der Waals surface area (Å²) in [7, 11) is 1.72. The number of fused-ring (bicyclic) bond motifs is 1. The fourth-order valence-corrected chi connectivity index (χ4v) is 3.00. The predicted molar refractivity (Wildman–Crippen MR) is 110 cm³/mol. The average Bonchev–Trinajstić information content (AvgIpc) is 3.30. The van der Waals surface area contributed by atoms with Gasteiger partial charge in [0, 0.05) is 13.0 Å². The molecule has 4 rings (SSSR count). The quantitative estimate of drug-likeness (QED) is 0.504. The number of benzene rings is 1. The van der Waals surface area contributed by atoms with E-state index >= 15 is 0 Å². The molecule has 0 atom stereocenters. The van der Waals surface area contributed by atoms with E-state index in [1.807, 2.05) is 26.0 Å². The maximum Gasteiger partial charge on any atom is 0.305 e. The van der Waals surface area contributed by atoms with E-state index in [0.29, 0.717) is 33.5 Å². The van der Waals surface area contributed by atoms with Crippen molar-refractivity contribution < 1.29 is 9.53 Å². The highest BCUT2D eigenvalue weighted by atomic mass is 35.5. The number of aromatic nitrogens is 7. The van der Waals surface area contributed by atoms with E-state index in [-0.39, 0.29) is 24.4 Å². The maximum atomic E-state index is 11.9. The second-order valence-corrected chi connectivity index (χ2v) is 7.29. The molecule has 1 aromatic carbocycles. The Hall–Kier alpha value is -3.53. The number of anilines is 1. The van der Waals surface area contributed by atoms with E-state index in [4.69, 9.17) is 16.3 Å². The van der Waals surface area contributed by atoms with Crippen LogP contribution >= 0.6 is 11.6 Å². The lowest BCUT2D eigenvalue weighted by molar-refractivity contribution is -0.118. The molecule has 0 aliphatic carbocycles. The van der Waals surface area contributed by atoms with Crippen LogP contribution in [0.2, 0.25) is 5.02 Å². The Kier molecular flexibility index (Phi) is 5.32. The summed E-state index contributed by atoms with van der Waals surface area (Å²) in [4.78, 5) is 20.9. The number of imidazole rings is 1. The molecule has 0 bridgehead atoms. The topological polar surface area (TPSA) is 113 Å². The Morgan fingerprint density at radius 1 is 1.20 bits per heavy atom. The third kappa shape index (κ3) is 3.81. The summed E-state index contributed by atoms with van der Waals surface area (Å²) in [5, 5.41) is 14.9. The number of pyridine rings is 1. The van der Waals surface area contributed by atoms with Crippen molar-refractivity contribution in [1.82, 2.24) is 34.7 Å². The van der Waals surface area contributed by atoms with Gasteiger partial charge in [0.1, 0.15) is 17.9 Å². The number of rotatable bonds is 6. The second kappa shape index (κ2) is 8.07. The number of hydrogen-bond acceptors (Lipinski definition) is 7. The second-order valence-electron chi connectivity index (χ2n) is 6.89. The van der Waals surface area contributed by atoms with Gasteiger partial charge in [0.05, 0.1) is 16.2 Å². The molecule has 11 heteroatoms. The zero-order chi connectivity index (χ0) is 21.3. The standard InChI is InChI=1S/C19H19ClN8O2/c1-11(2)17(29)22-15-9-4-6-12(21-15)10-30-19-23-16-13(20)7-5-8-14(16)28(19)18-24-25-26-27(18)3/h4-9,11H,10H2,1-3H3,(H,21,22,29). The van der Waals surface area contributed by atoms with Crippen LogP contribution in [-0.2, 0) is 18.4 Å². The highest BCUT2D eigenvalue weighted by molar-refractivity contribution is 6.35. The van der Waals surface area contributed by atoms with E-state index in [9.17, 15) is 4.79 Å². The molecular formula is C19H19ClN8O2. The van der Waals surface area contributed by atoms with Gasteiger partial charge in [-0.15, -0.1) is 0 Å². The lowest BCUT2D eigenvalue weighted by Crippen LogP contribution is -2.18. The number of carbonyl (C=O) groups excluding carboxylic acids is 1. The molecule has 0 aliphatic rings. The molecular weight excluding hydrogens is 408 g/mol. The van der Waals surface area contributed by atoms with E-state index < -0.39 is 0 Å². The zero-order valence-electron chi connectivity index (χ0n) is 16.6. The van der Waals surface area contributed by atoms with Gasteiger partial charge in [-0.2, -0.15) is 4.98 Å². The van der Waals surface area contributed by atoms with Gasteiger partial charge in [0.2, 0.25) is 5.91 Å². The number of tetrazole rings is 1. The maximum absolute atomic E-state index is 11.9. The SMILES string of the molecule is CC(C)C(=O)Nc1cccc(COc2nc3c(Cl)cccc3n2-c2nnnn2C)n1. The molecule has 0 aliphatic heterocycles. The number of amides is 1. The Labute approximate surface area is 176 Å². The van der Waals surface area contributed by atoms with Gasteiger partial charge >= 0.3 is 6.01 Å². The summed E-state index contributed by atoms with van der Waals surface area (Å²) in [5.41, 5.74) is 1.90. The summed E-state index contributed by atoms with van der Waals surface area (Å²) in [6, 6.07) is 11.0. The van der Waals surface area contributed by atoms with Crippen LogP contribution in [0.25, 0.3) is 17.0 Å². The number of carbonyl (C=O) groups is 1. The minimum absolute atomic E-state index is 0.105. The number of hydrogen-bond donors (Lipinski definition) is 1. The number of para-hydroxylation sites is 1. The van der Waals surface area contributed by atoms with Gasteiger partial charge in [0.15, 0.2) is 0 Å². The molecule has 0 saturated carbocycles. The van der Waals surface area contributed by atoms with E-state index in [0.717, 1.165) is 0 Å². The van der Waals surface area contributed by atoms with Crippen molar-refractivity contribution in [3.63, 3.8) is 0 Å². The smallest absolute Gasteiger partial charge is 0.305 e. The van der Waals surface area contributed by atoms with E-state index in [1.54, 1.807) is 35.9 Å². The van der Waals surface area contributed by atoms with Gasteiger partial charge in [-0.3, -0.25) is 4.79 Å². The molecule has 4 aromatic rings.